The first-order chi connectivity index (χ1) is 27.3. The Morgan fingerprint density at radius 1 is 0.309 bits per heavy atom. The zero-order valence-corrected chi connectivity index (χ0v) is 30.8. The molecule has 0 spiro atoms. The van der Waals surface area contributed by atoms with Crippen molar-refractivity contribution in [2.45, 2.75) is 0 Å². The normalized spacial score (nSPS) is 11.3. The Bertz CT molecular complexity index is 2850. The lowest BCUT2D eigenvalue weighted by Crippen LogP contribution is -2.09. The molecule has 0 bridgehead atoms. The van der Waals surface area contributed by atoms with E-state index in [4.69, 9.17) is 4.98 Å². The Morgan fingerprint density at radius 3 is 1.29 bits per heavy atom. The van der Waals surface area contributed by atoms with E-state index in [9.17, 15) is 0 Å². The van der Waals surface area contributed by atoms with Gasteiger partial charge in [0, 0.05) is 50.5 Å². The number of fused-ring (bicyclic) bond motifs is 6. The van der Waals surface area contributed by atoms with Crippen molar-refractivity contribution >= 4 is 77.2 Å². The van der Waals surface area contributed by atoms with Crippen molar-refractivity contribution in [2.75, 3.05) is 9.80 Å². The average molecular weight is 722 g/mol. The van der Waals surface area contributed by atoms with Gasteiger partial charge in [-0.1, -0.05) is 127 Å². The lowest BCUT2D eigenvalue weighted by atomic mass is 9.99. The summed E-state index contributed by atoms with van der Waals surface area (Å²) in [4.78, 5) is 10.0. The second kappa shape index (κ2) is 14.1. The molecule has 0 amide bonds. The molecule has 0 aliphatic carbocycles. The van der Waals surface area contributed by atoms with Crippen molar-refractivity contribution < 1.29 is 0 Å². The minimum absolute atomic E-state index is 1.01. The van der Waals surface area contributed by atoms with E-state index in [2.05, 4.69) is 222 Å². The first-order valence-corrected chi connectivity index (χ1v) is 19.4. The number of para-hydroxylation sites is 3. The van der Waals surface area contributed by atoms with Crippen LogP contribution in [0.15, 0.2) is 212 Å². The summed E-state index contributed by atoms with van der Waals surface area (Å²) in [5.74, 6) is 0. The van der Waals surface area contributed by atoms with Crippen LogP contribution < -0.4 is 9.80 Å². The van der Waals surface area contributed by atoms with Crippen molar-refractivity contribution in [3.8, 4) is 21.7 Å². The third-order valence-corrected chi connectivity index (χ3v) is 11.4. The number of benzene rings is 9. The molecule has 0 saturated carbocycles. The Kier molecular flexibility index (Phi) is 8.36. The first kappa shape index (κ1) is 32.6. The average Bonchev–Trinajstić information content (AvgIpc) is 3.72. The maximum absolute atomic E-state index is 5.37. The van der Waals surface area contributed by atoms with Crippen LogP contribution in [-0.2, 0) is 0 Å². The molecule has 0 fully saturated rings. The SMILES string of the molecule is c1ccc(-c2ccc(N(c3ccccc3)c3ccc(-c4nc5c6ccc(N(c7ccccc7)c7ccccc7)cc6c6ccccc6c5s4)cc3)cc2)cc1. The molecule has 0 unspecified atom stereocenters. The number of thiazole rings is 1. The highest BCUT2D eigenvalue weighted by molar-refractivity contribution is 7.22. The Morgan fingerprint density at radius 2 is 0.727 bits per heavy atom. The first-order valence-electron chi connectivity index (χ1n) is 18.5. The lowest BCUT2D eigenvalue weighted by Gasteiger charge is -2.26. The molecule has 0 radical (unpaired) electrons. The third kappa shape index (κ3) is 6.09. The lowest BCUT2D eigenvalue weighted by molar-refractivity contribution is 1.28. The van der Waals surface area contributed by atoms with Crippen molar-refractivity contribution in [1.29, 1.82) is 0 Å². The summed E-state index contributed by atoms with van der Waals surface area (Å²) in [5, 5.41) is 5.82. The van der Waals surface area contributed by atoms with Gasteiger partial charge in [-0.05, 0) is 107 Å². The van der Waals surface area contributed by atoms with Gasteiger partial charge in [-0.2, -0.15) is 0 Å². The van der Waals surface area contributed by atoms with Crippen LogP contribution in [0.5, 0.6) is 0 Å². The topological polar surface area (TPSA) is 19.4 Å². The predicted molar refractivity (Wildman–Crippen MR) is 235 cm³/mol. The van der Waals surface area contributed by atoms with Crippen molar-refractivity contribution in [3.63, 3.8) is 0 Å². The summed E-state index contributed by atoms with van der Waals surface area (Å²) in [7, 11) is 0. The summed E-state index contributed by atoms with van der Waals surface area (Å²) in [5.41, 5.74) is 11.2. The van der Waals surface area contributed by atoms with Gasteiger partial charge in [-0.25, -0.2) is 4.98 Å². The second-order valence-electron chi connectivity index (χ2n) is 13.6. The largest absolute Gasteiger partial charge is 0.311 e. The molecular weight excluding hydrogens is 687 g/mol. The standard InChI is InChI=1S/C51H35N3S/c1-5-15-36(16-6-1)37-25-29-42(30-26-37)53(39-17-7-2-8-18-39)43-31-27-38(28-32-43)51-52-49-46-34-33-44(35-48(46)45-23-13-14-24-47(45)50(49)55-51)54(40-19-9-3-10-20-40)41-21-11-4-12-22-41/h1-35H. The van der Waals surface area contributed by atoms with E-state index >= 15 is 0 Å². The van der Waals surface area contributed by atoms with Gasteiger partial charge in [-0.15, -0.1) is 11.3 Å². The van der Waals surface area contributed by atoms with E-state index in [1.54, 1.807) is 11.3 Å². The molecule has 0 atom stereocenters. The minimum atomic E-state index is 1.01. The zero-order chi connectivity index (χ0) is 36.6. The number of aromatic nitrogens is 1. The van der Waals surface area contributed by atoms with Gasteiger partial charge >= 0.3 is 0 Å². The summed E-state index contributed by atoms with van der Waals surface area (Å²) in [6, 6.07) is 75.5. The van der Waals surface area contributed by atoms with Crippen LogP contribution in [0.4, 0.5) is 34.1 Å². The van der Waals surface area contributed by atoms with Gasteiger partial charge < -0.3 is 9.80 Å². The van der Waals surface area contributed by atoms with Crippen molar-refractivity contribution in [1.82, 2.24) is 4.98 Å². The molecule has 9 aromatic carbocycles. The summed E-state index contributed by atoms with van der Waals surface area (Å²) < 4.78 is 1.21. The van der Waals surface area contributed by atoms with Crippen molar-refractivity contribution in [2.24, 2.45) is 0 Å². The van der Waals surface area contributed by atoms with Gasteiger partial charge in [0.15, 0.2) is 0 Å². The predicted octanol–water partition coefficient (Wildman–Crippen LogP) is 14.9. The van der Waals surface area contributed by atoms with Crippen molar-refractivity contribution in [3.05, 3.63) is 212 Å². The minimum Gasteiger partial charge on any atom is -0.311 e. The molecule has 4 heteroatoms. The molecule has 1 aromatic heterocycles. The van der Waals surface area contributed by atoms with Crippen LogP contribution >= 0.6 is 11.3 Å². The Balaban J connectivity index is 1.05. The highest BCUT2D eigenvalue weighted by atomic mass is 32.1. The summed E-state index contributed by atoms with van der Waals surface area (Å²) >= 11 is 1.77. The highest BCUT2D eigenvalue weighted by Crippen LogP contribution is 2.44. The Labute approximate surface area is 324 Å². The molecule has 0 aliphatic heterocycles. The smallest absolute Gasteiger partial charge is 0.124 e. The van der Waals surface area contributed by atoms with Crippen LogP contribution in [0.25, 0.3) is 53.5 Å². The molecule has 55 heavy (non-hydrogen) atoms. The number of hydrogen-bond donors (Lipinski definition) is 0. The summed E-state index contributed by atoms with van der Waals surface area (Å²) in [6.07, 6.45) is 0. The van der Waals surface area contributed by atoms with Gasteiger partial charge in [0.25, 0.3) is 0 Å². The van der Waals surface area contributed by atoms with Crippen LogP contribution in [0.2, 0.25) is 0 Å². The molecule has 3 nitrogen and oxygen atoms in total. The molecular formula is C51H35N3S. The van der Waals surface area contributed by atoms with Crippen LogP contribution in [-0.4, -0.2) is 4.98 Å². The number of rotatable bonds is 8. The van der Waals surface area contributed by atoms with E-state index < -0.39 is 0 Å². The third-order valence-electron chi connectivity index (χ3n) is 10.3. The van der Waals surface area contributed by atoms with Gasteiger partial charge in [-0.3, -0.25) is 0 Å². The Hall–Kier alpha value is -7.01. The van der Waals surface area contributed by atoms with E-state index in [1.165, 1.54) is 32.0 Å². The summed E-state index contributed by atoms with van der Waals surface area (Å²) in [6.45, 7) is 0. The van der Waals surface area contributed by atoms with Crippen LogP contribution in [0.3, 0.4) is 0 Å². The van der Waals surface area contributed by atoms with E-state index in [-0.39, 0.29) is 0 Å². The van der Waals surface area contributed by atoms with Crippen LogP contribution in [0, 0.1) is 0 Å². The maximum Gasteiger partial charge on any atom is 0.124 e. The highest BCUT2D eigenvalue weighted by Gasteiger charge is 2.19. The van der Waals surface area contributed by atoms with Gasteiger partial charge in [0.1, 0.15) is 5.01 Å². The number of nitrogens with zero attached hydrogens (tertiary/aromatic N) is 3. The maximum atomic E-state index is 5.37. The van der Waals surface area contributed by atoms with Crippen LogP contribution in [0.1, 0.15) is 0 Å². The fraction of sp³-hybridized carbons (Fsp3) is 0. The number of hydrogen-bond acceptors (Lipinski definition) is 4. The molecule has 260 valence electrons. The second-order valence-corrected chi connectivity index (χ2v) is 14.6. The van der Waals surface area contributed by atoms with Gasteiger partial charge in [0.05, 0.1) is 10.2 Å². The quantitative estimate of drug-likeness (QED) is 0.146. The van der Waals surface area contributed by atoms with Gasteiger partial charge in [0.2, 0.25) is 0 Å². The molecule has 0 aliphatic rings. The molecule has 10 rings (SSSR count). The molecule has 10 aromatic rings. The molecule has 0 saturated heterocycles. The fourth-order valence-corrected chi connectivity index (χ4v) is 8.76. The molecule has 0 N–H and O–H groups in total. The van der Waals surface area contributed by atoms with E-state index in [0.717, 1.165) is 55.6 Å². The van der Waals surface area contributed by atoms with E-state index in [0.29, 0.717) is 0 Å². The molecule has 1 heterocycles. The zero-order valence-electron chi connectivity index (χ0n) is 30.0. The van der Waals surface area contributed by atoms with E-state index in [1.807, 2.05) is 0 Å². The monoisotopic (exact) mass is 721 g/mol. The fourth-order valence-electron chi connectivity index (χ4n) is 7.64. The number of anilines is 6.